The van der Waals surface area contributed by atoms with Crippen molar-refractivity contribution < 1.29 is 4.74 Å². The Morgan fingerprint density at radius 3 is 2.55 bits per heavy atom. The molecule has 2 N–H and O–H groups in total. The lowest BCUT2D eigenvalue weighted by atomic mass is 10.3. The zero-order valence-corrected chi connectivity index (χ0v) is 12.1. The fraction of sp³-hybridized carbons (Fsp3) is 0.333. The van der Waals surface area contributed by atoms with Gasteiger partial charge < -0.3 is 15.4 Å². The molecular weight excluding hydrogens is 252 g/mol. The van der Waals surface area contributed by atoms with E-state index in [0.29, 0.717) is 5.95 Å². The number of nitrogens with zero attached hydrogens (tertiary/aromatic N) is 2. The third-order valence-electron chi connectivity index (χ3n) is 2.76. The van der Waals surface area contributed by atoms with Gasteiger partial charge in [0.2, 0.25) is 5.95 Å². The van der Waals surface area contributed by atoms with Crippen LogP contribution in [0.15, 0.2) is 30.3 Å². The Morgan fingerprint density at radius 1 is 1.15 bits per heavy atom. The van der Waals surface area contributed by atoms with Gasteiger partial charge in [0.1, 0.15) is 11.6 Å². The number of hydrogen-bond donors (Lipinski definition) is 2. The minimum absolute atomic E-state index is 0.591. The SMILES string of the molecule is CCCNc1cc(C)nc(Nc2ccc(OC)cc2)n1. The van der Waals surface area contributed by atoms with E-state index in [9.17, 15) is 0 Å². The largest absolute Gasteiger partial charge is 0.497 e. The molecule has 0 saturated carbocycles. The first-order valence-electron chi connectivity index (χ1n) is 6.72. The molecule has 5 heteroatoms. The van der Waals surface area contributed by atoms with E-state index in [1.165, 1.54) is 0 Å². The van der Waals surface area contributed by atoms with E-state index in [0.717, 1.165) is 35.9 Å². The molecule has 0 bridgehead atoms. The van der Waals surface area contributed by atoms with E-state index in [2.05, 4.69) is 27.5 Å². The van der Waals surface area contributed by atoms with Gasteiger partial charge in [-0.05, 0) is 37.6 Å². The number of aromatic nitrogens is 2. The number of methoxy groups -OCH3 is 1. The first-order valence-corrected chi connectivity index (χ1v) is 6.72. The summed E-state index contributed by atoms with van der Waals surface area (Å²) in [6.07, 6.45) is 1.06. The Bertz CT molecular complexity index is 554. The molecule has 0 aliphatic carbocycles. The molecule has 1 heterocycles. The highest BCUT2D eigenvalue weighted by Crippen LogP contribution is 2.19. The number of anilines is 3. The Kier molecular flexibility index (Phi) is 4.76. The van der Waals surface area contributed by atoms with E-state index in [1.807, 2.05) is 37.3 Å². The summed E-state index contributed by atoms with van der Waals surface area (Å²) in [4.78, 5) is 8.83. The van der Waals surface area contributed by atoms with Crippen molar-refractivity contribution in [3.8, 4) is 5.75 Å². The fourth-order valence-corrected chi connectivity index (χ4v) is 1.77. The van der Waals surface area contributed by atoms with Crippen LogP contribution in [0.5, 0.6) is 5.75 Å². The molecular formula is C15H20N4O. The van der Waals surface area contributed by atoms with Gasteiger partial charge >= 0.3 is 0 Å². The van der Waals surface area contributed by atoms with Gasteiger partial charge in [-0.2, -0.15) is 4.98 Å². The smallest absolute Gasteiger partial charge is 0.229 e. The monoisotopic (exact) mass is 272 g/mol. The maximum atomic E-state index is 5.13. The molecule has 0 atom stereocenters. The summed E-state index contributed by atoms with van der Waals surface area (Å²) >= 11 is 0. The van der Waals surface area contributed by atoms with Crippen LogP contribution in [-0.2, 0) is 0 Å². The van der Waals surface area contributed by atoms with Crippen molar-refractivity contribution in [3.05, 3.63) is 36.0 Å². The highest BCUT2D eigenvalue weighted by molar-refractivity contribution is 5.56. The number of rotatable bonds is 6. The Balaban J connectivity index is 2.12. The molecule has 0 aliphatic heterocycles. The molecule has 1 aromatic heterocycles. The number of benzene rings is 1. The summed E-state index contributed by atoms with van der Waals surface area (Å²) in [7, 11) is 1.65. The van der Waals surface area contributed by atoms with E-state index < -0.39 is 0 Å². The standard InChI is InChI=1S/C15H20N4O/c1-4-9-16-14-10-11(2)17-15(19-14)18-12-5-7-13(20-3)8-6-12/h5-8,10H,4,9H2,1-3H3,(H2,16,17,18,19). The van der Waals surface area contributed by atoms with Crippen LogP contribution in [0.2, 0.25) is 0 Å². The Hall–Kier alpha value is -2.30. The maximum Gasteiger partial charge on any atom is 0.229 e. The fourth-order valence-electron chi connectivity index (χ4n) is 1.77. The summed E-state index contributed by atoms with van der Waals surface area (Å²) in [6, 6.07) is 9.60. The second-order valence-electron chi connectivity index (χ2n) is 4.50. The molecule has 0 unspecified atom stereocenters. The van der Waals surface area contributed by atoms with Crippen LogP contribution in [0, 0.1) is 6.92 Å². The van der Waals surface area contributed by atoms with Gasteiger partial charge in [-0.3, -0.25) is 0 Å². The molecule has 1 aromatic carbocycles. The zero-order chi connectivity index (χ0) is 14.4. The van der Waals surface area contributed by atoms with E-state index in [1.54, 1.807) is 7.11 Å². The molecule has 2 rings (SSSR count). The molecule has 0 radical (unpaired) electrons. The molecule has 0 aliphatic rings. The molecule has 0 amide bonds. The molecule has 5 nitrogen and oxygen atoms in total. The predicted molar refractivity (Wildman–Crippen MR) is 81.8 cm³/mol. The Labute approximate surface area is 119 Å². The topological polar surface area (TPSA) is 59.1 Å². The van der Waals surface area contributed by atoms with Crippen LogP contribution in [0.3, 0.4) is 0 Å². The number of ether oxygens (including phenoxy) is 1. The lowest BCUT2D eigenvalue weighted by Gasteiger charge is -2.09. The van der Waals surface area contributed by atoms with Crippen LogP contribution >= 0.6 is 0 Å². The summed E-state index contributed by atoms with van der Waals surface area (Å²) in [6.45, 7) is 4.98. The third kappa shape index (κ3) is 3.85. The van der Waals surface area contributed by atoms with Crippen molar-refractivity contribution in [2.75, 3.05) is 24.3 Å². The molecule has 106 valence electrons. The normalized spacial score (nSPS) is 10.2. The van der Waals surface area contributed by atoms with Crippen molar-refractivity contribution >= 4 is 17.5 Å². The quantitative estimate of drug-likeness (QED) is 0.844. The molecule has 20 heavy (non-hydrogen) atoms. The van der Waals surface area contributed by atoms with Gasteiger partial charge in [-0.25, -0.2) is 4.98 Å². The summed E-state index contributed by atoms with van der Waals surface area (Å²) in [5, 5.41) is 6.46. The lowest BCUT2D eigenvalue weighted by Crippen LogP contribution is -2.06. The Morgan fingerprint density at radius 2 is 1.90 bits per heavy atom. The lowest BCUT2D eigenvalue weighted by molar-refractivity contribution is 0.415. The van der Waals surface area contributed by atoms with E-state index >= 15 is 0 Å². The highest BCUT2D eigenvalue weighted by Gasteiger charge is 2.02. The minimum atomic E-state index is 0.591. The maximum absolute atomic E-state index is 5.13. The first kappa shape index (κ1) is 14.1. The van der Waals surface area contributed by atoms with Gasteiger partial charge in [-0.15, -0.1) is 0 Å². The third-order valence-corrected chi connectivity index (χ3v) is 2.76. The van der Waals surface area contributed by atoms with Crippen LogP contribution < -0.4 is 15.4 Å². The summed E-state index contributed by atoms with van der Waals surface area (Å²) in [5.41, 5.74) is 1.85. The van der Waals surface area contributed by atoms with Gasteiger partial charge in [0.25, 0.3) is 0 Å². The minimum Gasteiger partial charge on any atom is -0.497 e. The predicted octanol–water partition coefficient (Wildman–Crippen LogP) is 3.36. The van der Waals surface area contributed by atoms with Crippen LogP contribution in [0.1, 0.15) is 19.0 Å². The molecule has 0 spiro atoms. The van der Waals surface area contributed by atoms with Crippen molar-refractivity contribution in [1.29, 1.82) is 0 Å². The summed E-state index contributed by atoms with van der Waals surface area (Å²) < 4.78 is 5.13. The van der Waals surface area contributed by atoms with Gasteiger partial charge in [0.15, 0.2) is 0 Å². The van der Waals surface area contributed by atoms with E-state index in [4.69, 9.17) is 4.74 Å². The number of aryl methyl sites for hydroxylation is 1. The van der Waals surface area contributed by atoms with E-state index in [-0.39, 0.29) is 0 Å². The van der Waals surface area contributed by atoms with Crippen molar-refractivity contribution in [2.24, 2.45) is 0 Å². The molecule has 0 fully saturated rings. The van der Waals surface area contributed by atoms with Gasteiger partial charge in [0, 0.05) is 24.0 Å². The first-order chi connectivity index (χ1) is 9.71. The second kappa shape index (κ2) is 6.75. The average Bonchev–Trinajstić information content (AvgIpc) is 2.45. The number of nitrogens with one attached hydrogen (secondary N) is 2. The van der Waals surface area contributed by atoms with Crippen LogP contribution in [-0.4, -0.2) is 23.6 Å². The average molecular weight is 272 g/mol. The molecule has 0 saturated heterocycles. The van der Waals surface area contributed by atoms with Crippen LogP contribution in [0.25, 0.3) is 0 Å². The highest BCUT2D eigenvalue weighted by atomic mass is 16.5. The van der Waals surface area contributed by atoms with Gasteiger partial charge in [0.05, 0.1) is 7.11 Å². The summed E-state index contributed by atoms with van der Waals surface area (Å²) in [5.74, 6) is 2.26. The van der Waals surface area contributed by atoms with Gasteiger partial charge in [-0.1, -0.05) is 6.92 Å². The van der Waals surface area contributed by atoms with Crippen molar-refractivity contribution in [3.63, 3.8) is 0 Å². The number of hydrogen-bond acceptors (Lipinski definition) is 5. The second-order valence-corrected chi connectivity index (χ2v) is 4.50. The van der Waals surface area contributed by atoms with Crippen molar-refractivity contribution in [1.82, 2.24) is 9.97 Å². The molecule has 2 aromatic rings. The van der Waals surface area contributed by atoms with Crippen molar-refractivity contribution in [2.45, 2.75) is 20.3 Å². The zero-order valence-electron chi connectivity index (χ0n) is 12.1. The van der Waals surface area contributed by atoms with Crippen LogP contribution in [0.4, 0.5) is 17.5 Å².